The summed E-state index contributed by atoms with van der Waals surface area (Å²) in [6, 6.07) is 0. The van der Waals surface area contributed by atoms with Gasteiger partial charge in [-0.3, -0.25) is 0 Å². The van der Waals surface area contributed by atoms with Crippen molar-refractivity contribution in [1.29, 1.82) is 0 Å². The molecule has 0 aromatic carbocycles. The van der Waals surface area contributed by atoms with Gasteiger partial charge < -0.3 is 5.32 Å². The van der Waals surface area contributed by atoms with Crippen LogP contribution in [0, 0.1) is 5.92 Å². The summed E-state index contributed by atoms with van der Waals surface area (Å²) in [6.07, 6.45) is 0. The van der Waals surface area contributed by atoms with Gasteiger partial charge in [-0.05, 0) is 13.8 Å². The minimum absolute atomic E-state index is 0.0421. The molecule has 2 nitrogen and oxygen atoms in total. The molecule has 0 aromatic heterocycles. The monoisotopic (exact) mass is 152 g/mol. The second kappa shape index (κ2) is 2.36. The predicted octanol–water partition coefficient (Wildman–Crippen LogP) is 1.94. The van der Waals surface area contributed by atoms with Crippen LogP contribution in [0.3, 0.4) is 0 Å². The van der Waals surface area contributed by atoms with Crippen molar-refractivity contribution >= 4 is 5.84 Å². The first kappa shape index (κ1) is 8.31. The van der Waals surface area contributed by atoms with Crippen LogP contribution < -0.4 is 5.32 Å². The van der Waals surface area contributed by atoms with Crippen LogP contribution in [0.5, 0.6) is 0 Å². The van der Waals surface area contributed by atoms with Crippen LogP contribution in [0.15, 0.2) is 17.3 Å². The fraction of sp³-hybridized carbons (Fsp3) is 0.667. The molecule has 1 rings (SSSR count). The fourth-order valence-corrected chi connectivity index (χ4v) is 0.979. The lowest BCUT2D eigenvalue weighted by atomic mass is 10.0. The smallest absolute Gasteiger partial charge is 0.105 e. The van der Waals surface area contributed by atoms with E-state index >= 15 is 0 Å². The van der Waals surface area contributed by atoms with Gasteiger partial charge in [-0.25, -0.2) is 4.99 Å². The summed E-state index contributed by atoms with van der Waals surface area (Å²) in [5.41, 5.74) is 0.890. The quantitative estimate of drug-likeness (QED) is 0.610. The van der Waals surface area contributed by atoms with Gasteiger partial charge in [0.1, 0.15) is 5.84 Å². The SMILES string of the molecule is C=C1N=C(C(C)C)NC1(C)C. The lowest BCUT2D eigenvalue weighted by Gasteiger charge is -2.20. The van der Waals surface area contributed by atoms with E-state index in [-0.39, 0.29) is 5.54 Å². The molecule has 0 unspecified atom stereocenters. The third-order valence-corrected chi connectivity index (χ3v) is 1.96. The third kappa shape index (κ3) is 1.44. The first-order valence-corrected chi connectivity index (χ1v) is 3.99. The van der Waals surface area contributed by atoms with Gasteiger partial charge in [-0.2, -0.15) is 0 Å². The molecule has 0 fully saturated rings. The zero-order valence-corrected chi connectivity index (χ0v) is 7.73. The van der Waals surface area contributed by atoms with Crippen LogP contribution in [-0.4, -0.2) is 11.4 Å². The first-order chi connectivity index (χ1) is 4.93. The summed E-state index contributed by atoms with van der Waals surface area (Å²) in [6.45, 7) is 12.3. The second-order valence-corrected chi connectivity index (χ2v) is 3.85. The maximum atomic E-state index is 4.35. The van der Waals surface area contributed by atoms with Gasteiger partial charge in [0.05, 0.1) is 11.2 Å². The maximum absolute atomic E-state index is 4.35. The van der Waals surface area contributed by atoms with Gasteiger partial charge >= 0.3 is 0 Å². The van der Waals surface area contributed by atoms with Crippen molar-refractivity contribution in [3.8, 4) is 0 Å². The zero-order chi connectivity index (χ0) is 8.65. The highest BCUT2D eigenvalue weighted by Gasteiger charge is 2.29. The van der Waals surface area contributed by atoms with Crippen molar-refractivity contribution in [3.05, 3.63) is 12.3 Å². The fourth-order valence-electron chi connectivity index (χ4n) is 0.979. The molecule has 0 saturated heterocycles. The largest absolute Gasteiger partial charge is 0.363 e. The average molecular weight is 152 g/mol. The Hall–Kier alpha value is -0.790. The molecule has 0 saturated carbocycles. The molecule has 0 atom stereocenters. The zero-order valence-electron chi connectivity index (χ0n) is 7.73. The van der Waals surface area contributed by atoms with E-state index in [4.69, 9.17) is 0 Å². The number of aliphatic imine (C=N–C) groups is 1. The Labute approximate surface area is 68.4 Å². The van der Waals surface area contributed by atoms with E-state index in [0.717, 1.165) is 11.5 Å². The number of nitrogens with one attached hydrogen (secondary N) is 1. The van der Waals surface area contributed by atoms with Crippen molar-refractivity contribution in [2.75, 3.05) is 0 Å². The predicted molar refractivity (Wildman–Crippen MR) is 48.6 cm³/mol. The Kier molecular flexibility index (Phi) is 1.78. The van der Waals surface area contributed by atoms with Crippen molar-refractivity contribution in [1.82, 2.24) is 5.32 Å². The summed E-state index contributed by atoms with van der Waals surface area (Å²) in [4.78, 5) is 4.35. The van der Waals surface area contributed by atoms with Crippen LogP contribution in [0.2, 0.25) is 0 Å². The summed E-state index contributed by atoms with van der Waals surface area (Å²) in [7, 11) is 0. The van der Waals surface area contributed by atoms with E-state index in [2.05, 4.69) is 44.6 Å². The Morgan fingerprint density at radius 2 is 2.00 bits per heavy atom. The highest BCUT2D eigenvalue weighted by molar-refractivity contribution is 5.88. The maximum Gasteiger partial charge on any atom is 0.105 e. The molecule has 1 aliphatic rings. The summed E-state index contributed by atoms with van der Waals surface area (Å²) in [5.74, 6) is 1.52. The topological polar surface area (TPSA) is 24.4 Å². The highest BCUT2D eigenvalue weighted by Crippen LogP contribution is 2.22. The molecular formula is C9H16N2. The number of hydrogen-bond donors (Lipinski definition) is 1. The van der Waals surface area contributed by atoms with Gasteiger partial charge in [0.15, 0.2) is 0 Å². The van der Waals surface area contributed by atoms with Gasteiger partial charge in [-0.1, -0.05) is 20.4 Å². The van der Waals surface area contributed by atoms with Crippen molar-refractivity contribution in [3.63, 3.8) is 0 Å². The summed E-state index contributed by atoms with van der Waals surface area (Å²) in [5, 5.41) is 3.33. The Bertz CT molecular complexity index is 212. The minimum atomic E-state index is -0.0421. The molecule has 62 valence electrons. The normalized spacial score (nSPS) is 21.9. The number of hydrogen-bond acceptors (Lipinski definition) is 2. The molecule has 1 N–H and O–H groups in total. The van der Waals surface area contributed by atoms with Crippen LogP contribution in [0.1, 0.15) is 27.7 Å². The van der Waals surface area contributed by atoms with E-state index in [1.807, 2.05) is 0 Å². The second-order valence-electron chi connectivity index (χ2n) is 3.85. The van der Waals surface area contributed by atoms with Gasteiger partial charge in [-0.15, -0.1) is 0 Å². The molecule has 11 heavy (non-hydrogen) atoms. The van der Waals surface area contributed by atoms with E-state index in [1.54, 1.807) is 0 Å². The lowest BCUT2D eigenvalue weighted by molar-refractivity contribution is 0.557. The average Bonchev–Trinajstić information content (AvgIpc) is 2.08. The molecule has 2 heteroatoms. The molecule has 0 aromatic rings. The molecule has 0 aliphatic carbocycles. The molecule has 0 amide bonds. The highest BCUT2D eigenvalue weighted by atomic mass is 15.1. The van der Waals surface area contributed by atoms with Crippen LogP contribution in [-0.2, 0) is 0 Å². The Balaban J connectivity index is 2.80. The van der Waals surface area contributed by atoms with Gasteiger partial charge in [0, 0.05) is 5.92 Å². The van der Waals surface area contributed by atoms with E-state index in [1.165, 1.54) is 0 Å². The molecule has 0 radical (unpaired) electrons. The van der Waals surface area contributed by atoms with E-state index < -0.39 is 0 Å². The number of amidine groups is 1. The summed E-state index contributed by atoms with van der Waals surface area (Å²) >= 11 is 0. The van der Waals surface area contributed by atoms with Crippen LogP contribution in [0.4, 0.5) is 0 Å². The van der Waals surface area contributed by atoms with Crippen LogP contribution in [0.25, 0.3) is 0 Å². The van der Waals surface area contributed by atoms with Crippen molar-refractivity contribution in [2.24, 2.45) is 10.9 Å². The Morgan fingerprint density at radius 3 is 2.18 bits per heavy atom. The number of rotatable bonds is 1. The van der Waals surface area contributed by atoms with E-state index in [0.29, 0.717) is 5.92 Å². The van der Waals surface area contributed by atoms with E-state index in [9.17, 15) is 0 Å². The molecule has 1 heterocycles. The molecule has 0 bridgehead atoms. The molecular weight excluding hydrogens is 136 g/mol. The van der Waals surface area contributed by atoms with Gasteiger partial charge in [0.25, 0.3) is 0 Å². The third-order valence-electron chi connectivity index (χ3n) is 1.96. The number of nitrogens with zero attached hydrogens (tertiary/aromatic N) is 1. The molecule has 0 spiro atoms. The summed E-state index contributed by atoms with van der Waals surface area (Å²) < 4.78 is 0. The van der Waals surface area contributed by atoms with Gasteiger partial charge in [0.2, 0.25) is 0 Å². The molecule has 1 aliphatic heterocycles. The standard InChI is InChI=1S/C9H16N2/c1-6(2)8-10-7(3)9(4,5)11-8/h6H,3H2,1-2,4-5H3,(H,10,11). The van der Waals surface area contributed by atoms with Crippen molar-refractivity contribution < 1.29 is 0 Å². The Morgan fingerprint density at radius 1 is 1.45 bits per heavy atom. The van der Waals surface area contributed by atoms with Crippen molar-refractivity contribution in [2.45, 2.75) is 33.2 Å². The minimum Gasteiger partial charge on any atom is -0.363 e. The first-order valence-electron chi connectivity index (χ1n) is 3.99. The van der Waals surface area contributed by atoms with Crippen LogP contribution >= 0.6 is 0 Å². The lowest BCUT2D eigenvalue weighted by Crippen LogP contribution is -2.40.